The third-order valence-corrected chi connectivity index (χ3v) is 5.37. The van der Waals surface area contributed by atoms with Crippen LogP contribution in [0.1, 0.15) is 25.0 Å². The van der Waals surface area contributed by atoms with Crippen molar-refractivity contribution in [1.82, 2.24) is 4.90 Å². The summed E-state index contributed by atoms with van der Waals surface area (Å²) in [5.41, 5.74) is 5.86. The van der Waals surface area contributed by atoms with Crippen molar-refractivity contribution in [3.05, 3.63) is 71.8 Å². The van der Waals surface area contributed by atoms with Crippen LogP contribution in [0.2, 0.25) is 19.6 Å². The van der Waals surface area contributed by atoms with Crippen LogP contribution >= 0.6 is 0 Å². The zero-order valence-corrected chi connectivity index (χ0v) is 18.3. The van der Waals surface area contributed by atoms with Gasteiger partial charge in [0, 0.05) is 19.1 Å². The van der Waals surface area contributed by atoms with Crippen molar-refractivity contribution in [3.8, 4) is 11.5 Å². The van der Waals surface area contributed by atoms with Crippen LogP contribution in [0.3, 0.4) is 0 Å². The summed E-state index contributed by atoms with van der Waals surface area (Å²) in [7, 11) is -1.52. The Kier molecular flexibility index (Phi) is 7.86. The van der Waals surface area contributed by atoms with Crippen molar-refractivity contribution in [2.75, 3.05) is 0 Å². The van der Waals surface area contributed by atoms with Crippen LogP contribution in [0, 0.1) is 17.4 Å². The Labute approximate surface area is 166 Å². The molecule has 0 aliphatic carbocycles. The number of aliphatic hydroxyl groups excluding tert-OH is 1. The standard InChI is InChI=1S/C24H33NOSi/c1-20(2)24(23(26)16-17-27(3,4)5)25(18-21-12-8-6-9-13-21)19-22-14-10-7-11-15-22/h6-15,20,23-24,26H,18-19H2,1-5H3/t23-,24-/m0/s1. The Bertz CT molecular complexity index is 699. The molecule has 0 radical (unpaired) electrons. The fraction of sp³-hybridized carbons (Fsp3) is 0.417. The van der Waals surface area contributed by atoms with E-state index >= 15 is 0 Å². The van der Waals surface area contributed by atoms with Gasteiger partial charge in [-0.05, 0) is 17.0 Å². The molecule has 2 rings (SSSR count). The Morgan fingerprint density at radius 3 is 1.67 bits per heavy atom. The minimum absolute atomic E-state index is 0.0192. The van der Waals surface area contributed by atoms with Crippen LogP contribution < -0.4 is 0 Å². The first-order chi connectivity index (χ1) is 12.8. The summed E-state index contributed by atoms with van der Waals surface area (Å²) in [6.45, 7) is 12.6. The lowest BCUT2D eigenvalue weighted by Crippen LogP contribution is -2.46. The van der Waals surface area contributed by atoms with E-state index < -0.39 is 14.2 Å². The second-order valence-corrected chi connectivity index (χ2v) is 13.3. The average Bonchev–Trinajstić information content (AvgIpc) is 2.61. The highest BCUT2D eigenvalue weighted by Crippen LogP contribution is 2.21. The van der Waals surface area contributed by atoms with Crippen molar-refractivity contribution in [3.63, 3.8) is 0 Å². The smallest absolute Gasteiger partial charge is 0.129 e. The number of aliphatic hydroxyl groups is 1. The van der Waals surface area contributed by atoms with E-state index in [-0.39, 0.29) is 6.04 Å². The predicted molar refractivity (Wildman–Crippen MR) is 118 cm³/mol. The summed E-state index contributed by atoms with van der Waals surface area (Å²) in [5, 5.41) is 11.0. The topological polar surface area (TPSA) is 23.5 Å². The molecule has 2 atom stereocenters. The minimum Gasteiger partial charge on any atom is -0.379 e. The fourth-order valence-corrected chi connectivity index (χ4v) is 3.85. The van der Waals surface area contributed by atoms with Gasteiger partial charge in [0.05, 0.1) is 0 Å². The molecule has 2 nitrogen and oxygen atoms in total. The molecule has 0 spiro atoms. The van der Waals surface area contributed by atoms with Gasteiger partial charge in [0.25, 0.3) is 0 Å². The second-order valence-electron chi connectivity index (χ2n) is 8.57. The number of hydrogen-bond acceptors (Lipinski definition) is 2. The normalized spacial score (nSPS) is 13.9. The van der Waals surface area contributed by atoms with E-state index in [1.807, 2.05) is 12.1 Å². The molecule has 0 saturated heterocycles. The van der Waals surface area contributed by atoms with Gasteiger partial charge >= 0.3 is 0 Å². The lowest BCUT2D eigenvalue weighted by atomic mass is 9.95. The van der Waals surface area contributed by atoms with Gasteiger partial charge in [0.2, 0.25) is 0 Å². The van der Waals surface area contributed by atoms with Gasteiger partial charge in [-0.15, -0.1) is 5.54 Å². The maximum absolute atomic E-state index is 11.0. The van der Waals surface area contributed by atoms with Gasteiger partial charge < -0.3 is 5.11 Å². The van der Waals surface area contributed by atoms with E-state index in [0.29, 0.717) is 5.92 Å². The van der Waals surface area contributed by atoms with Crippen molar-refractivity contribution in [1.29, 1.82) is 0 Å². The van der Waals surface area contributed by atoms with Crippen LogP contribution in [0.25, 0.3) is 0 Å². The lowest BCUT2D eigenvalue weighted by Gasteiger charge is -2.36. The van der Waals surface area contributed by atoms with Gasteiger partial charge in [-0.3, -0.25) is 4.90 Å². The largest absolute Gasteiger partial charge is 0.379 e. The van der Waals surface area contributed by atoms with Crippen molar-refractivity contribution < 1.29 is 5.11 Å². The fourth-order valence-electron chi connectivity index (χ4n) is 3.26. The van der Waals surface area contributed by atoms with Crippen LogP contribution in [-0.4, -0.2) is 30.2 Å². The lowest BCUT2D eigenvalue weighted by molar-refractivity contribution is 0.0445. The summed E-state index contributed by atoms with van der Waals surface area (Å²) >= 11 is 0. The molecule has 0 amide bonds. The predicted octanol–water partition coefficient (Wildman–Crippen LogP) is 4.96. The van der Waals surface area contributed by atoms with E-state index in [4.69, 9.17) is 0 Å². The Morgan fingerprint density at radius 2 is 1.30 bits per heavy atom. The molecule has 0 unspecified atom stereocenters. The second kappa shape index (κ2) is 9.89. The third-order valence-electron chi connectivity index (χ3n) is 4.48. The van der Waals surface area contributed by atoms with E-state index in [2.05, 4.69) is 98.4 Å². The highest BCUT2D eigenvalue weighted by atomic mass is 28.3. The molecule has 0 aliphatic heterocycles. The van der Waals surface area contributed by atoms with Crippen molar-refractivity contribution in [2.45, 2.75) is 58.7 Å². The molecule has 0 aromatic heterocycles. The van der Waals surface area contributed by atoms with Gasteiger partial charge in [0.15, 0.2) is 0 Å². The average molecular weight is 380 g/mol. The zero-order valence-electron chi connectivity index (χ0n) is 17.3. The molecule has 0 fully saturated rings. The van der Waals surface area contributed by atoms with Crippen LogP contribution in [-0.2, 0) is 13.1 Å². The quantitative estimate of drug-likeness (QED) is 0.543. The van der Waals surface area contributed by atoms with Gasteiger partial charge in [-0.2, -0.15) is 0 Å². The highest BCUT2D eigenvalue weighted by Gasteiger charge is 2.28. The first-order valence-corrected chi connectivity index (χ1v) is 13.3. The summed E-state index contributed by atoms with van der Waals surface area (Å²) in [6, 6.07) is 20.9. The Balaban J connectivity index is 2.32. The number of rotatable bonds is 7. The maximum Gasteiger partial charge on any atom is 0.129 e. The highest BCUT2D eigenvalue weighted by molar-refractivity contribution is 6.83. The van der Waals surface area contributed by atoms with Crippen LogP contribution in [0.15, 0.2) is 60.7 Å². The molecule has 2 aromatic carbocycles. The van der Waals surface area contributed by atoms with E-state index in [1.165, 1.54) is 11.1 Å². The first kappa shape index (κ1) is 21.4. The summed E-state index contributed by atoms with van der Waals surface area (Å²) < 4.78 is 0. The molecule has 1 N–H and O–H groups in total. The first-order valence-electron chi connectivity index (χ1n) is 9.79. The molecular formula is C24H33NOSi. The molecule has 144 valence electrons. The van der Waals surface area contributed by atoms with Crippen molar-refractivity contribution >= 4 is 8.07 Å². The zero-order chi connectivity index (χ0) is 19.9. The van der Waals surface area contributed by atoms with Gasteiger partial charge in [-0.25, -0.2) is 0 Å². The van der Waals surface area contributed by atoms with Gasteiger partial charge in [-0.1, -0.05) is 100 Å². The molecule has 3 heteroatoms. The van der Waals surface area contributed by atoms with Crippen LogP contribution in [0.4, 0.5) is 0 Å². The molecule has 0 aliphatic rings. The van der Waals surface area contributed by atoms with E-state index in [0.717, 1.165) is 13.1 Å². The maximum atomic E-state index is 11.0. The molecule has 0 heterocycles. The van der Waals surface area contributed by atoms with E-state index in [1.54, 1.807) is 0 Å². The summed E-state index contributed by atoms with van der Waals surface area (Å²) in [6.07, 6.45) is -0.649. The van der Waals surface area contributed by atoms with Gasteiger partial charge in [0.1, 0.15) is 14.2 Å². The van der Waals surface area contributed by atoms with Crippen LogP contribution in [0.5, 0.6) is 0 Å². The number of nitrogens with zero attached hydrogens (tertiary/aromatic N) is 1. The molecule has 27 heavy (non-hydrogen) atoms. The Morgan fingerprint density at radius 1 is 0.852 bits per heavy atom. The molecular weight excluding hydrogens is 346 g/mol. The molecule has 0 saturated carbocycles. The SMILES string of the molecule is CC(C)[C@@H]([C@@H](O)C#C[Si](C)(C)C)N(Cc1ccccc1)Cc1ccccc1. The molecule has 0 bridgehead atoms. The van der Waals surface area contributed by atoms with Crippen molar-refractivity contribution in [2.24, 2.45) is 5.92 Å². The summed E-state index contributed by atoms with van der Waals surface area (Å²) in [4.78, 5) is 2.37. The Hall–Kier alpha value is -1.86. The number of benzene rings is 2. The molecule has 2 aromatic rings. The minimum atomic E-state index is -1.52. The number of hydrogen-bond donors (Lipinski definition) is 1. The monoisotopic (exact) mass is 379 g/mol. The third kappa shape index (κ3) is 7.34. The van der Waals surface area contributed by atoms with E-state index in [9.17, 15) is 5.11 Å². The summed E-state index contributed by atoms with van der Waals surface area (Å²) in [5.74, 6) is 3.48.